The van der Waals surface area contributed by atoms with Crippen LogP contribution in [-0.4, -0.2) is 12.3 Å². The van der Waals surface area contributed by atoms with Gasteiger partial charge in [0.2, 0.25) is 0 Å². The normalized spacial score (nSPS) is 29.8. The highest BCUT2D eigenvalue weighted by molar-refractivity contribution is 5.88. The van der Waals surface area contributed by atoms with Gasteiger partial charge < -0.3 is 5.32 Å². The highest BCUT2D eigenvalue weighted by Gasteiger charge is 2.33. The second-order valence-corrected chi connectivity index (χ2v) is 6.38. The number of fused-ring (bicyclic) bond motifs is 1. The van der Waals surface area contributed by atoms with Crippen LogP contribution in [0.4, 0.5) is 0 Å². The molecule has 1 fully saturated rings. The number of benzene rings is 1. The summed E-state index contributed by atoms with van der Waals surface area (Å²) < 4.78 is 0. The number of Topliss-reactive ketones (excluding diaryl/α,β-unsaturated/α-hetero) is 1. The SMILES string of the molecule is CCC1CCCC(C(=O)C2NCCc3ccccc32)C1. The van der Waals surface area contributed by atoms with Crippen LogP contribution in [0.1, 0.15) is 56.2 Å². The minimum Gasteiger partial charge on any atom is -0.303 e. The van der Waals surface area contributed by atoms with Crippen LogP contribution in [0.3, 0.4) is 0 Å². The van der Waals surface area contributed by atoms with E-state index in [4.69, 9.17) is 0 Å². The Morgan fingerprint density at radius 3 is 3.00 bits per heavy atom. The molecule has 0 spiro atoms. The number of carbonyl (C=O) groups excluding carboxylic acids is 1. The Labute approximate surface area is 122 Å². The number of hydrogen-bond acceptors (Lipinski definition) is 2. The predicted octanol–water partition coefficient (Wildman–Crippen LogP) is 3.66. The third-order valence-electron chi connectivity index (χ3n) is 5.16. The highest BCUT2D eigenvalue weighted by Crippen LogP contribution is 2.35. The van der Waals surface area contributed by atoms with Crippen molar-refractivity contribution in [1.29, 1.82) is 0 Å². The van der Waals surface area contributed by atoms with Crippen LogP contribution in [0.25, 0.3) is 0 Å². The van der Waals surface area contributed by atoms with E-state index in [-0.39, 0.29) is 12.0 Å². The minimum atomic E-state index is -0.0550. The molecule has 0 saturated heterocycles. The first-order valence-electron chi connectivity index (χ1n) is 8.14. The molecule has 3 atom stereocenters. The molecule has 3 rings (SSSR count). The Hall–Kier alpha value is -1.15. The summed E-state index contributed by atoms with van der Waals surface area (Å²) in [5.74, 6) is 1.48. The summed E-state index contributed by atoms with van der Waals surface area (Å²) in [7, 11) is 0. The first-order valence-corrected chi connectivity index (χ1v) is 8.14. The van der Waals surface area contributed by atoms with Gasteiger partial charge in [-0.3, -0.25) is 4.79 Å². The molecule has 1 heterocycles. The van der Waals surface area contributed by atoms with Crippen molar-refractivity contribution in [3.8, 4) is 0 Å². The van der Waals surface area contributed by atoms with E-state index in [2.05, 4.69) is 36.5 Å². The van der Waals surface area contributed by atoms with Crippen molar-refractivity contribution in [2.45, 2.75) is 51.5 Å². The lowest BCUT2D eigenvalue weighted by Crippen LogP contribution is -2.39. The van der Waals surface area contributed by atoms with Crippen LogP contribution in [0, 0.1) is 11.8 Å². The van der Waals surface area contributed by atoms with Crippen molar-refractivity contribution in [3.63, 3.8) is 0 Å². The van der Waals surface area contributed by atoms with E-state index < -0.39 is 0 Å². The maximum Gasteiger partial charge on any atom is 0.157 e. The van der Waals surface area contributed by atoms with Gasteiger partial charge in [-0.1, -0.05) is 50.5 Å². The van der Waals surface area contributed by atoms with Gasteiger partial charge in [-0.05, 0) is 36.3 Å². The second-order valence-electron chi connectivity index (χ2n) is 6.38. The molecule has 108 valence electrons. The van der Waals surface area contributed by atoms with Crippen molar-refractivity contribution < 1.29 is 4.79 Å². The smallest absolute Gasteiger partial charge is 0.157 e. The first-order chi connectivity index (χ1) is 9.79. The number of nitrogens with one attached hydrogen (secondary N) is 1. The van der Waals surface area contributed by atoms with Gasteiger partial charge in [0.05, 0.1) is 6.04 Å². The van der Waals surface area contributed by atoms with E-state index in [1.807, 2.05) is 0 Å². The van der Waals surface area contributed by atoms with Crippen LogP contribution in [-0.2, 0) is 11.2 Å². The number of ketones is 1. The van der Waals surface area contributed by atoms with E-state index in [1.54, 1.807) is 0 Å². The molecule has 2 nitrogen and oxygen atoms in total. The van der Waals surface area contributed by atoms with Gasteiger partial charge in [-0.15, -0.1) is 0 Å². The molecule has 0 aromatic heterocycles. The lowest BCUT2D eigenvalue weighted by atomic mass is 9.75. The molecular formula is C18H25NO. The average Bonchev–Trinajstić information content (AvgIpc) is 2.53. The second kappa shape index (κ2) is 6.09. The monoisotopic (exact) mass is 271 g/mol. The van der Waals surface area contributed by atoms with Crippen molar-refractivity contribution >= 4 is 5.78 Å². The summed E-state index contributed by atoms with van der Waals surface area (Å²) in [6.45, 7) is 3.18. The standard InChI is InChI=1S/C18H25NO/c1-2-13-6-5-8-15(12-13)18(20)17-16-9-4-3-7-14(16)10-11-19-17/h3-4,7,9,13,15,17,19H,2,5-6,8,10-12H2,1H3. The largest absolute Gasteiger partial charge is 0.303 e. The Balaban J connectivity index is 1.78. The van der Waals surface area contributed by atoms with Crippen LogP contribution < -0.4 is 5.32 Å². The fraction of sp³-hybridized carbons (Fsp3) is 0.611. The average molecular weight is 271 g/mol. The first kappa shape index (κ1) is 13.8. The van der Waals surface area contributed by atoms with E-state index in [9.17, 15) is 4.79 Å². The zero-order valence-corrected chi connectivity index (χ0v) is 12.4. The Morgan fingerprint density at radius 2 is 2.15 bits per heavy atom. The molecule has 1 aliphatic heterocycles. The van der Waals surface area contributed by atoms with Crippen molar-refractivity contribution in [1.82, 2.24) is 5.32 Å². The molecular weight excluding hydrogens is 246 g/mol. The maximum atomic E-state index is 12.9. The molecule has 1 aromatic rings. The van der Waals surface area contributed by atoms with Crippen molar-refractivity contribution in [3.05, 3.63) is 35.4 Å². The summed E-state index contributed by atoms with van der Waals surface area (Å²) in [5.41, 5.74) is 2.58. The molecule has 1 N–H and O–H groups in total. The van der Waals surface area contributed by atoms with Crippen LogP contribution in [0.5, 0.6) is 0 Å². The summed E-state index contributed by atoms with van der Waals surface area (Å²) in [5, 5.41) is 3.46. The molecule has 1 saturated carbocycles. The molecule has 3 unspecified atom stereocenters. The van der Waals surface area contributed by atoms with Gasteiger partial charge >= 0.3 is 0 Å². The molecule has 1 aromatic carbocycles. The Kier molecular flexibility index (Phi) is 4.21. The maximum absolute atomic E-state index is 12.9. The Bertz CT molecular complexity index is 482. The molecule has 0 amide bonds. The number of hydrogen-bond donors (Lipinski definition) is 1. The lowest BCUT2D eigenvalue weighted by Gasteiger charge is -2.33. The third-order valence-corrected chi connectivity index (χ3v) is 5.16. The van der Waals surface area contributed by atoms with Gasteiger partial charge in [-0.25, -0.2) is 0 Å². The number of rotatable bonds is 3. The van der Waals surface area contributed by atoms with Crippen molar-refractivity contribution in [2.75, 3.05) is 6.54 Å². The molecule has 0 radical (unpaired) electrons. The van der Waals surface area contributed by atoms with E-state index in [0.29, 0.717) is 5.78 Å². The van der Waals surface area contributed by atoms with E-state index in [0.717, 1.165) is 31.7 Å². The highest BCUT2D eigenvalue weighted by atomic mass is 16.1. The van der Waals surface area contributed by atoms with Gasteiger partial charge in [0, 0.05) is 12.5 Å². The summed E-state index contributed by atoms with van der Waals surface area (Å²) in [6, 6.07) is 8.39. The quantitative estimate of drug-likeness (QED) is 0.909. The van der Waals surface area contributed by atoms with E-state index in [1.165, 1.54) is 30.4 Å². The fourth-order valence-corrected chi connectivity index (χ4v) is 3.91. The van der Waals surface area contributed by atoms with E-state index >= 15 is 0 Å². The third kappa shape index (κ3) is 2.67. The zero-order chi connectivity index (χ0) is 13.9. The van der Waals surface area contributed by atoms with Crippen molar-refractivity contribution in [2.24, 2.45) is 11.8 Å². The summed E-state index contributed by atoms with van der Waals surface area (Å²) in [4.78, 5) is 12.9. The topological polar surface area (TPSA) is 29.1 Å². The summed E-state index contributed by atoms with van der Waals surface area (Å²) in [6.07, 6.45) is 7.00. The molecule has 20 heavy (non-hydrogen) atoms. The van der Waals surface area contributed by atoms with Gasteiger partial charge in [0.25, 0.3) is 0 Å². The van der Waals surface area contributed by atoms with Gasteiger partial charge in [0.15, 0.2) is 5.78 Å². The Morgan fingerprint density at radius 1 is 1.30 bits per heavy atom. The van der Waals surface area contributed by atoms with Crippen LogP contribution >= 0.6 is 0 Å². The van der Waals surface area contributed by atoms with Crippen LogP contribution in [0.15, 0.2) is 24.3 Å². The fourth-order valence-electron chi connectivity index (χ4n) is 3.91. The summed E-state index contributed by atoms with van der Waals surface area (Å²) >= 11 is 0. The lowest BCUT2D eigenvalue weighted by molar-refractivity contribution is -0.126. The molecule has 1 aliphatic carbocycles. The van der Waals surface area contributed by atoms with Crippen LogP contribution in [0.2, 0.25) is 0 Å². The predicted molar refractivity (Wildman–Crippen MR) is 81.6 cm³/mol. The molecule has 2 heteroatoms. The minimum absolute atomic E-state index is 0.0550. The van der Waals surface area contributed by atoms with Gasteiger partial charge in [0.1, 0.15) is 0 Å². The van der Waals surface area contributed by atoms with Gasteiger partial charge in [-0.2, -0.15) is 0 Å². The molecule has 2 aliphatic rings. The number of carbonyl (C=O) groups is 1. The molecule has 0 bridgehead atoms. The zero-order valence-electron chi connectivity index (χ0n) is 12.4.